The smallest absolute Gasteiger partial charge is 0.0351 e. The average Bonchev–Trinajstić information content (AvgIpc) is 2.45. The third-order valence-electron chi connectivity index (χ3n) is 5.43. The molecule has 0 amide bonds. The first-order valence-corrected chi connectivity index (χ1v) is 8.51. The summed E-state index contributed by atoms with van der Waals surface area (Å²) < 4.78 is 0. The van der Waals surface area contributed by atoms with Crippen LogP contribution in [0.1, 0.15) is 84.0 Å². The summed E-state index contributed by atoms with van der Waals surface area (Å²) in [4.78, 5) is 0. The number of unbranched alkanes of at least 4 members (excludes halogenated alkanes) is 1. The second-order valence-electron chi connectivity index (χ2n) is 6.68. The minimum Gasteiger partial charge on any atom is -0.0917 e. The van der Waals surface area contributed by atoms with Crippen LogP contribution in [0.2, 0.25) is 0 Å². The van der Waals surface area contributed by atoms with E-state index in [1.165, 1.54) is 51.4 Å². The van der Waals surface area contributed by atoms with Crippen LogP contribution in [0, 0.1) is 17.8 Å². The van der Waals surface area contributed by atoms with Crippen LogP contribution >= 0.6 is 0 Å². The summed E-state index contributed by atoms with van der Waals surface area (Å²) in [5, 5.41) is 0. The van der Waals surface area contributed by atoms with Gasteiger partial charge >= 0.3 is 0 Å². The molecule has 0 N–H and O–H groups in total. The van der Waals surface area contributed by atoms with Crippen LogP contribution in [0.15, 0.2) is 12.2 Å². The van der Waals surface area contributed by atoms with Crippen LogP contribution in [-0.4, -0.2) is 0 Å². The van der Waals surface area contributed by atoms with Crippen molar-refractivity contribution in [3.8, 4) is 0 Å². The lowest BCUT2D eigenvalue weighted by atomic mass is 9.70. The Morgan fingerprint density at radius 3 is 2.17 bits per heavy atom. The van der Waals surface area contributed by atoms with Gasteiger partial charge in [0.1, 0.15) is 0 Å². The summed E-state index contributed by atoms with van der Waals surface area (Å²) in [7, 11) is 0. The predicted octanol–water partition coefficient (Wildman–Crippen LogP) is 6.12. The molecule has 18 heavy (non-hydrogen) atoms. The van der Waals surface area contributed by atoms with Gasteiger partial charge in [0.25, 0.3) is 0 Å². The molecule has 0 heterocycles. The quantitative estimate of drug-likeness (QED) is 0.406. The molecule has 2 saturated carbocycles. The van der Waals surface area contributed by atoms with Crippen LogP contribution in [0.5, 0.6) is 0 Å². The molecule has 0 nitrogen and oxygen atoms in total. The van der Waals surface area contributed by atoms with E-state index in [4.69, 9.17) is 0 Å². The zero-order valence-corrected chi connectivity index (χ0v) is 12.4. The Labute approximate surface area is 114 Å². The van der Waals surface area contributed by atoms with E-state index in [0.29, 0.717) is 0 Å². The normalized spacial score (nSPS) is 30.9. The van der Waals surface area contributed by atoms with Crippen LogP contribution < -0.4 is 0 Å². The Kier molecular flexibility index (Phi) is 6.31. The van der Waals surface area contributed by atoms with Gasteiger partial charge in [-0.2, -0.15) is 0 Å². The van der Waals surface area contributed by atoms with Gasteiger partial charge in [-0.25, -0.2) is 0 Å². The van der Waals surface area contributed by atoms with Crippen molar-refractivity contribution in [1.82, 2.24) is 0 Å². The summed E-state index contributed by atoms with van der Waals surface area (Å²) in [6, 6.07) is 0. The van der Waals surface area contributed by atoms with E-state index < -0.39 is 0 Å². The predicted molar refractivity (Wildman–Crippen MR) is 80.7 cm³/mol. The molecule has 0 aromatic heterocycles. The molecule has 0 spiro atoms. The van der Waals surface area contributed by atoms with Gasteiger partial charge in [-0.05, 0) is 50.4 Å². The molecule has 2 fully saturated rings. The summed E-state index contributed by atoms with van der Waals surface area (Å²) in [5.74, 6) is 3.29. The van der Waals surface area contributed by atoms with Crippen molar-refractivity contribution in [2.45, 2.75) is 84.0 Å². The van der Waals surface area contributed by atoms with E-state index in [0.717, 1.165) is 17.8 Å². The van der Waals surface area contributed by atoms with Gasteiger partial charge in [0.2, 0.25) is 0 Å². The molecular weight excluding hydrogens is 216 g/mol. The molecule has 0 heteroatoms. The fraction of sp³-hybridized carbons (Fsp3) is 0.889. The largest absolute Gasteiger partial charge is 0.0917 e. The second kappa shape index (κ2) is 8.02. The van der Waals surface area contributed by atoms with Gasteiger partial charge in [0.05, 0.1) is 0 Å². The molecule has 0 aromatic rings. The highest BCUT2D eigenvalue weighted by Gasteiger charge is 2.28. The maximum Gasteiger partial charge on any atom is -0.0351 e. The minimum atomic E-state index is 1.06. The molecule has 2 rings (SSSR count). The van der Waals surface area contributed by atoms with Crippen molar-refractivity contribution in [3.63, 3.8) is 0 Å². The van der Waals surface area contributed by atoms with E-state index in [9.17, 15) is 0 Å². The van der Waals surface area contributed by atoms with Crippen LogP contribution in [0.3, 0.4) is 0 Å². The molecule has 2 aliphatic carbocycles. The molecular formula is C18H32. The Hall–Kier alpha value is -0.260. The van der Waals surface area contributed by atoms with E-state index >= 15 is 0 Å². The van der Waals surface area contributed by atoms with E-state index in [1.54, 1.807) is 25.7 Å². The van der Waals surface area contributed by atoms with E-state index in [1.807, 2.05) is 0 Å². The molecule has 0 aliphatic heterocycles. The summed E-state index contributed by atoms with van der Waals surface area (Å²) in [5.41, 5.74) is 0. The number of allylic oxidation sites excluding steroid dienone is 2. The fourth-order valence-electron chi connectivity index (χ4n) is 4.24. The number of hydrogen-bond donors (Lipinski definition) is 0. The Morgan fingerprint density at radius 2 is 1.50 bits per heavy atom. The lowest BCUT2D eigenvalue weighted by molar-refractivity contribution is 0.163. The maximum absolute atomic E-state index is 2.33. The Balaban J connectivity index is 1.61. The topological polar surface area (TPSA) is 0 Å². The van der Waals surface area contributed by atoms with Crippen molar-refractivity contribution in [2.75, 3.05) is 0 Å². The zero-order chi connectivity index (χ0) is 12.6. The van der Waals surface area contributed by atoms with Gasteiger partial charge in [-0.1, -0.05) is 63.5 Å². The van der Waals surface area contributed by atoms with Crippen molar-refractivity contribution in [3.05, 3.63) is 12.2 Å². The first-order valence-electron chi connectivity index (χ1n) is 8.51. The van der Waals surface area contributed by atoms with Crippen LogP contribution in [0.4, 0.5) is 0 Å². The minimum absolute atomic E-state index is 1.06. The van der Waals surface area contributed by atoms with Gasteiger partial charge in [-0.3, -0.25) is 0 Å². The molecule has 0 saturated heterocycles. The van der Waals surface area contributed by atoms with Crippen molar-refractivity contribution < 1.29 is 0 Å². The molecule has 0 unspecified atom stereocenters. The monoisotopic (exact) mass is 248 g/mol. The van der Waals surface area contributed by atoms with Gasteiger partial charge < -0.3 is 0 Å². The molecule has 104 valence electrons. The van der Waals surface area contributed by atoms with E-state index in [2.05, 4.69) is 19.1 Å². The molecule has 0 aromatic carbocycles. The molecule has 0 atom stereocenters. The van der Waals surface area contributed by atoms with Crippen molar-refractivity contribution >= 4 is 0 Å². The lowest BCUT2D eigenvalue weighted by Gasteiger charge is -2.36. The van der Waals surface area contributed by atoms with Gasteiger partial charge in [0, 0.05) is 0 Å². The van der Waals surface area contributed by atoms with Gasteiger partial charge in [-0.15, -0.1) is 0 Å². The van der Waals surface area contributed by atoms with Gasteiger partial charge in [0.15, 0.2) is 0 Å². The third kappa shape index (κ3) is 4.44. The Morgan fingerprint density at radius 1 is 0.833 bits per heavy atom. The third-order valence-corrected chi connectivity index (χ3v) is 5.43. The van der Waals surface area contributed by atoms with Crippen molar-refractivity contribution in [2.24, 2.45) is 17.8 Å². The average molecular weight is 248 g/mol. The molecule has 0 radical (unpaired) electrons. The highest BCUT2D eigenvalue weighted by atomic mass is 14.3. The van der Waals surface area contributed by atoms with Crippen LogP contribution in [-0.2, 0) is 0 Å². The highest BCUT2D eigenvalue weighted by Crippen LogP contribution is 2.40. The van der Waals surface area contributed by atoms with Crippen molar-refractivity contribution in [1.29, 1.82) is 0 Å². The number of rotatable bonds is 5. The van der Waals surface area contributed by atoms with Crippen LogP contribution in [0.25, 0.3) is 0 Å². The SMILES string of the molecule is C/C=C\CCCC1CCC(C2CCCCC2)CC1. The molecule has 0 bridgehead atoms. The fourth-order valence-corrected chi connectivity index (χ4v) is 4.24. The summed E-state index contributed by atoms with van der Waals surface area (Å²) in [6.45, 7) is 2.13. The van der Waals surface area contributed by atoms with E-state index in [-0.39, 0.29) is 0 Å². The molecule has 2 aliphatic rings. The lowest BCUT2D eigenvalue weighted by Crippen LogP contribution is -2.23. The first-order chi connectivity index (χ1) is 8.90. The standard InChI is InChI=1S/C18H32/c1-2-3-4-6-9-16-12-14-18(15-13-16)17-10-7-5-8-11-17/h2-3,16-18H,4-15H2,1H3/b3-2-. The summed E-state index contributed by atoms with van der Waals surface area (Å²) in [6.07, 6.45) is 22.6. The first kappa shape index (κ1) is 14.2. The zero-order valence-electron chi connectivity index (χ0n) is 12.4. The number of hydrogen-bond acceptors (Lipinski definition) is 0. The Bertz CT molecular complexity index is 226. The second-order valence-corrected chi connectivity index (χ2v) is 6.68. The summed E-state index contributed by atoms with van der Waals surface area (Å²) >= 11 is 0. The highest BCUT2D eigenvalue weighted by molar-refractivity contribution is 4.81. The maximum atomic E-state index is 2.33.